The maximum absolute atomic E-state index is 12.0. The Morgan fingerprint density at radius 1 is 0.952 bits per heavy atom. The fraction of sp³-hybridized carbons (Fsp3) is 0.133. The summed E-state index contributed by atoms with van der Waals surface area (Å²) in [6.45, 7) is 0. The highest BCUT2D eigenvalue weighted by molar-refractivity contribution is 6.42. The van der Waals surface area contributed by atoms with Gasteiger partial charge in [0.1, 0.15) is 5.78 Å². The zero-order valence-corrected chi connectivity index (χ0v) is 12.4. The van der Waals surface area contributed by atoms with Gasteiger partial charge >= 0.3 is 0 Å². The SMILES string of the molecule is O=C(Cc1ccc([N+](=O)[O-])cc1)Cc1ccc(Cl)c(Cl)c1. The van der Waals surface area contributed by atoms with Crippen molar-refractivity contribution in [2.45, 2.75) is 12.8 Å². The van der Waals surface area contributed by atoms with E-state index in [-0.39, 0.29) is 24.3 Å². The second kappa shape index (κ2) is 6.70. The summed E-state index contributed by atoms with van der Waals surface area (Å²) in [7, 11) is 0. The van der Waals surface area contributed by atoms with Crippen molar-refractivity contribution in [1.82, 2.24) is 0 Å². The molecule has 108 valence electrons. The predicted octanol–water partition coefficient (Wildman–Crippen LogP) is 4.26. The molecule has 4 nitrogen and oxygen atoms in total. The van der Waals surface area contributed by atoms with E-state index in [1.54, 1.807) is 30.3 Å². The van der Waals surface area contributed by atoms with Crippen LogP contribution in [-0.4, -0.2) is 10.7 Å². The van der Waals surface area contributed by atoms with Gasteiger partial charge in [-0.2, -0.15) is 0 Å². The topological polar surface area (TPSA) is 60.2 Å². The van der Waals surface area contributed by atoms with Crippen LogP contribution in [0.25, 0.3) is 0 Å². The zero-order valence-electron chi connectivity index (χ0n) is 10.9. The molecule has 0 N–H and O–H groups in total. The minimum Gasteiger partial charge on any atom is -0.299 e. The summed E-state index contributed by atoms with van der Waals surface area (Å²) in [5, 5.41) is 11.4. The van der Waals surface area contributed by atoms with Gasteiger partial charge in [0.15, 0.2) is 0 Å². The molecule has 0 radical (unpaired) electrons. The van der Waals surface area contributed by atoms with Gasteiger partial charge in [-0.15, -0.1) is 0 Å². The van der Waals surface area contributed by atoms with Crippen LogP contribution >= 0.6 is 23.2 Å². The Morgan fingerprint density at radius 3 is 2.10 bits per heavy atom. The molecule has 0 unspecified atom stereocenters. The molecule has 6 heteroatoms. The number of halogens is 2. The van der Waals surface area contributed by atoms with Crippen LogP contribution < -0.4 is 0 Å². The number of benzene rings is 2. The van der Waals surface area contributed by atoms with Crippen LogP contribution in [0.4, 0.5) is 5.69 Å². The number of carbonyl (C=O) groups excluding carboxylic acids is 1. The minimum atomic E-state index is -0.471. The van der Waals surface area contributed by atoms with Gasteiger partial charge in [-0.25, -0.2) is 0 Å². The molecule has 0 bridgehead atoms. The van der Waals surface area contributed by atoms with E-state index in [1.807, 2.05) is 0 Å². The van der Waals surface area contributed by atoms with E-state index in [2.05, 4.69) is 0 Å². The average Bonchev–Trinajstić information content (AvgIpc) is 2.43. The Hall–Kier alpha value is -1.91. The Kier molecular flexibility index (Phi) is 4.94. The molecule has 0 amide bonds. The van der Waals surface area contributed by atoms with E-state index in [4.69, 9.17) is 23.2 Å². The summed E-state index contributed by atoms with van der Waals surface area (Å²) in [6, 6.07) is 11.0. The number of carbonyl (C=O) groups is 1. The summed E-state index contributed by atoms with van der Waals surface area (Å²) >= 11 is 11.7. The van der Waals surface area contributed by atoms with Crippen molar-refractivity contribution in [3.05, 3.63) is 73.8 Å². The maximum Gasteiger partial charge on any atom is 0.269 e. The smallest absolute Gasteiger partial charge is 0.269 e. The lowest BCUT2D eigenvalue weighted by molar-refractivity contribution is -0.384. The summed E-state index contributed by atoms with van der Waals surface area (Å²) in [6.07, 6.45) is 0.464. The van der Waals surface area contributed by atoms with Gasteiger partial charge in [-0.3, -0.25) is 14.9 Å². The van der Waals surface area contributed by atoms with E-state index in [0.717, 1.165) is 11.1 Å². The number of nitrogens with zero attached hydrogens (tertiary/aromatic N) is 1. The number of ketones is 1. The number of hydrogen-bond acceptors (Lipinski definition) is 3. The molecule has 0 aliphatic carbocycles. The second-order valence-corrected chi connectivity index (χ2v) is 5.38. The fourth-order valence-electron chi connectivity index (χ4n) is 1.90. The van der Waals surface area contributed by atoms with Crippen molar-refractivity contribution in [1.29, 1.82) is 0 Å². The van der Waals surface area contributed by atoms with Gasteiger partial charge in [0.05, 0.1) is 15.0 Å². The van der Waals surface area contributed by atoms with Crippen molar-refractivity contribution in [2.75, 3.05) is 0 Å². The molecular weight excluding hydrogens is 313 g/mol. The first-order chi connectivity index (χ1) is 9.95. The number of rotatable bonds is 5. The Balaban J connectivity index is 2.01. The van der Waals surface area contributed by atoms with E-state index < -0.39 is 4.92 Å². The molecular formula is C15H11Cl2NO3. The molecule has 0 fully saturated rings. The number of nitro benzene ring substituents is 1. The second-order valence-electron chi connectivity index (χ2n) is 4.56. The Bertz CT molecular complexity index is 684. The quantitative estimate of drug-likeness (QED) is 0.610. The lowest BCUT2D eigenvalue weighted by Gasteiger charge is -2.03. The third-order valence-electron chi connectivity index (χ3n) is 2.93. The molecule has 0 heterocycles. The molecule has 0 spiro atoms. The predicted molar refractivity (Wildman–Crippen MR) is 82.0 cm³/mol. The Labute approximate surface area is 131 Å². The van der Waals surface area contributed by atoms with Crippen molar-refractivity contribution in [3.8, 4) is 0 Å². The lowest BCUT2D eigenvalue weighted by Crippen LogP contribution is -2.06. The highest BCUT2D eigenvalue weighted by Gasteiger charge is 2.09. The van der Waals surface area contributed by atoms with Gasteiger partial charge in [0, 0.05) is 25.0 Å². The van der Waals surface area contributed by atoms with E-state index in [0.29, 0.717) is 10.0 Å². The third kappa shape index (κ3) is 4.28. The van der Waals surface area contributed by atoms with Crippen LogP contribution in [0.3, 0.4) is 0 Å². The lowest BCUT2D eigenvalue weighted by atomic mass is 10.0. The first-order valence-electron chi connectivity index (χ1n) is 6.14. The molecule has 0 atom stereocenters. The van der Waals surface area contributed by atoms with E-state index in [1.165, 1.54) is 12.1 Å². The first-order valence-corrected chi connectivity index (χ1v) is 6.90. The molecule has 2 aromatic rings. The first kappa shape index (κ1) is 15.5. The zero-order chi connectivity index (χ0) is 15.4. The largest absolute Gasteiger partial charge is 0.299 e. The highest BCUT2D eigenvalue weighted by atomic mass is 35.5. The van der Waals surface area contributed by atoms with Gasteiger partial charge in [0.25, 0.3) is 5.69 Å². The molecule has 2 aromatic carbocycles. The number of Topliss-reactive ketones (excluding diaryl/α,β-unsaturated/α-hetero) is 1. The van der Waals surface area contributed by atoms with Gasteiger partial charge in [-0.1, -0.05) is 41.4 Å². The summed E-state index contributed by atoms with van der Waals surface area (Å²) < 4.78 is 0. The standard InChI is InChI=1S/C15H11Cl2NO3/c16-14-6-3-11(9-15(14)17)8-13(19)7-10-1-4-12(5-2-10)18(20)21/h1-6,9H,7-8H2. The van der Waals surface area contributed by atoms with Crippen LogP contribution in [-0.2, 0) is 17.6 Å². The molecule has 0 saturated carbocycles. The minimum absolute atomic E-state index is 0.00208. The van der Waals surface area contributed by atoms with Crippen LogP contribution in [0.5, 0.6) is 0 Å². The van der Waals surface area contributed by atoms with Crippen molar-refractivity contribution in [2.24, 2.45) is 0 Å². The van der Waals surface area contributed by atoms with Gasteiger partial charge in [0.2, 0.25) is 0 Å². The molecule has 0 aromatic heterocycles. The fourth-order valence-corrected chi connectivity index (χ4v) is 2.22. The molecule has 0 saturated heterocycles. The number of nitro groups is 1. The molecule has 0 aliphatic rings. The van der Waals surface area contributed by atoms with Crippen LogP contribution in [0.2, 0.25) is 10.0 Å². The number of hydrogen-bond donors (Lipinski definition) is 0. The highest BCUT2D eigenvalue weighted by Crippen LogP contribution is 2.23. The summed E-state index contributed by atoms with van der Waals surface area (Å²) in [4.78, 5) is 22.1. The van der Waals surface area contributed by atoms with Gasteiger partial charge < -0.3 is 0 Å². The van der Waals surface area contributed by atoms with E-state index in [9.17, 15) is 14.9 Å². The van der Waals surface area contributed by atoms with Crippen molar-refractivity contribution in [3.63, 3.8) is 0 Å². The number of non-ortho nitro benzene ring substituents is 1. The maximum atomic E-state index is 12.0. The normalized spacial score (nSPS) is 10.4. The van der Waals surface area contributed by atoms with Crippen LogP contribution in [0.1, 0.15) is 11.1 Å². The summed E-state index contributed by atoms with van der Waals surface area (Å²) in [5.41, 5.74) is 1.54. The summed E-state index contributed by atoms with van der Waals surface area (Å²) in [5.74, 6) is 0.00208. The monoisotopic (exact) mass is 323 g/mol. The molecule has 21 heavy (non-hydrogen) atoms. The van der Waals surface area contributed by atoms with Crippen molar-refractivity contribution < 1.29 is 9.72 Å². The van der Waals surface area contributed by atoms with Crippen LogP contribution in [0.15, 0.2) is 42.5 Å². The van der Waals surface area contributed by atoms with Crippen LogP contribution in [0, 0.1) is 10.1 Å². The molecule has 2 rings (SSSR count). The van der Waals surface area contributed by atoms with Gasteiger partial charge in [-0.05, 0) is 23.3 Å². The third-order valence-corrected chi connectivity index (χ3v) is 3.67. The van der Waals surface area contributed by atoms with Crippen molar-refractivity contribution >= 4 is 34.7 Å². The van der Waals surface area contributed by atoms with E-state index >= 15 is 0 Å². The average molecular weight is 324 g/mol. The Morgan fingerprint density at radius 2 is 1.52 bits per heavy atom. The molecule has 0 aliphatic heterocycles.